The molecule has 1 atom stereocenters. The second-order valence-corrected chi connectivity index (χ2v) is 4.18. The summed E-state index contributed by atoms with van der Waals surface area (Å²) in [4.78, 5) is 4.06. The van der Waals surface area contributed by atoms with Crippen molar-refractivity contribution in [3.05, 3.63) is 42.2 Å². The molecular weight excluding hydrogens is 252 g/mol. The summed E-state index contributed by atoms with van der Waals surface area (Å²) < 4.78 is 33.9. The van der Waals surface area contributed by atoms with Crippen LogP contribution in [0.3, 0.4) is 0 Å². The molecule has 0 aliphatic rings. The first-order valence-electron chi connectivity index (χ1n) is 5.86. The lowest BCUT2D eigenvalue weighted by Crippen LogP contribution is -2.13. The van der Waals surface area contributed by atoms with Gasteiger partial charge in [0.05, 0.1) is 12.6 Å². The monoisotopic (exact) mass is 267 g/mol. The molecule has 19 heavy (non-hydrogen) atoms. The summed E-state index contributed by atoms with van der Waals surface area (Å²) in [6.07, 6.45) is 3.29. The Balaban J connectivity index is 2.27. The standard InChI is InChI=1S/C13H15F2N3O/c1-9(8-19-2)18-7-6-16-13(18)17-12-10(14)4-3-5-11(12)15/h3-7,9H,8H2,1-2H3,(H,16,17). The highest BCUT2D eigenvalue weighted by Gasteiger charge is 2.14. The Kier molecular flexibility index (Phi) is 4.11. The van der Waals surface area contributed by atoms with Gasteiger partial charge in [-0.05, 0) is 19.1 Å². The number of halogens is 2. The van der Waals surface area contributed by atoms with E-state index in [1.807, 2.05) is 6.92 Å². The van der Waals surface area contributed by atoms with E-state index in [2.05, 4.69) is 10.3 Å². The van der Waals surface area contributed by atoms with Crippen LogP contribution in [0.4, 0.5) is 20.4 Å². The maximum Gasteiger partial charge on any atom is 0.207 e. The second kappa shape index (κ2) is 5.79. The number of nitrogens with zero attached hydrogens (tertiary/aromatic N) is 2. The van der Waals surface area contributed by atoms with Gasteiger partial charge in [-0.2, -0.15) is 0 Å². The lowest BCUT2D eigenvalue weighted by Gasteiger charge is -2.16. The van der Waals surface area contributed by atoms with Crippen molar-refractivity contribution < 1.29 is 13.5 Å². The molecule has 0 aliphatic heterocycles. The molecule has 2 aromatic rings. The first-order valence-corrected chi connectivity index (χ1v) is 5.86. The van der Waals surface area contributed by atoms with Crippen LogP contribution in [0.1, 0.15) is 13.0 Å². The number of nitrogens with one attached hydrogen (secondary N) is 1. The first-order chi connectivity index (χ1) is 9.13. The summed E-state index contributed by atoms with van der Waals surface area (Å²) >= 11 is 0. The normalized spacial score (nSPS) is 12.4. The van der Waals surface area contributed by atoms with Crippen LogP contribution in [0.15, 0.2) is 30.6 Å². The van der Waals surface area contributed by atoms with Gasteiger partial charge in [0.15, 0.2) is 0 Å². The van der Waals surface area contributed by atoms with Gasteiger partial charge in [0.2, 0.25) is 5.95 Å². The highest BCUT2D eigenvalue weighted by atomic mass is 19.1. The number of anilines is 2. The van der Waals surface area contributed by atoms with Crippen molar-refractivity contribution in [2.75, 3.05) is 19.0 Å². The lowest BCUT2D eigenvalue weighted by atomic mass is 10.3. The van der Waals surface area contributed by atoms with E-state index in [-0.39, 0.29) is 11.7 Å². The predicted octanol–water partition coefficient (Wildman–Crippen LogP) is 3.11. The molecule has 0 spiro atoms. The van der Waals surface area contributed by atoms with E-state index in [1.54, 1.807) is 24.1 Å². The van der Waals surface area contributed by atoms with E-state index >= 15 is 0 Å². The average molecular weight is 267 g/mol. The van der Waals surface area contributed by atoms with Crippen molar-refractivity contribution in [1.29, 1.82) is 0 Å². The molecule has 0 radical (unpaired) electrons. The van der Waals surface area contributed by atoms with E-state index < -0.39 is 11.6 Å². The van der Waals surface area contributed by atoms with Gasteiger partial charge in [-0.25, -0.2) is 13.8 Å². The van der Waals surface area contributed by atoms with Gasteiger partial charge in [-0.1, -0.05) is 6.07 Å². The van der Waals surface area contributed by atoms with Crippen molar-refractivity contribution in [2.45, 2.75) is 13.0 Å². The third-order valence-electron chi connectivity index (χ3n) is 2.75. The van der Waals surface area contributed by atoms with Gasteiger partial charge < -0.3 is 14.6 Å². The van der Waals surface area contributed by atoms with Crippen molar-refractivity contribution in [2.24, 2.45) is 0 Å². The van der Waals surface area contributed by atoms with Gasteiger partial charge in [-0.3, -0.25) is 0 Å². The van der Waals surface area contributed by atoms with Gasteiger partial charge in [0.1, 0.15) is 17.3 Å². The van der Waals surface area contributed by atoms with Crippen molar-refractivity contribution in [1.82, 2.24) is 9.55 Å². The van der Waals surface area contributed by atoms with Crippen LogP contribution in [-0.4, -0.2) is 23.3 Å². The Labute approximate surface area is 110 Å². The third kappa shape index (κ3) is 2.90. The molecule has 2 rings (SSSR count). The largest absolute Gasteiger partial charge is 0.383 e. The molecule has 0 amide bonds. The van der Waals surface area contributed by atoms with Crippen LogP contribution in [0.25, 0.3) is 0 Å². The quantitative estimate of drug-likeness (QED) is 0.904. The maximum atomic E-state index is 13.6. The minimum absolute atomic E-state index is 0.00448. The molecule has 0 saturated carbocycles. The zero-order valence-electron chi connectivity index (χ0n) is 10.7. The van der Waals surface area contributed by atoms with Crippen LogP contribution in [-0.2, 0) is 4.74 Å². The minimum Gasteiger partial charge on any atom is -0.383 e. The molecule has 1 aromatic carbocycles. The number of rotatable bonds is 5. The number of benzene rings is 1. The van der Waals surface area contributed by atoms with Crippen molar-refractivity contribution >= 4 is 11.6 Å². The summed E-state index contributed by atoms with van der Waals surface area (Å²) in [5.41, 5.74) is -0.209. The number of hydrogen-bond acceptors (Lipinski definition) is 3. The lowest BCUT2D eigenvalue weighted by molar-refractivity contribution is 0.163. The molecule has 0 aliphatic carbocycles. The van der Waals surface area contributed by atoms with Gasteiger partial charge in [0, 0.05) is 19.5 Å². The SMILES string of the molecule is COCC(C)n1ccnc1Nc1c(F)cccc1F. The van der Waals surface area contributed by atoms with E-state index in [4.69, 9.17) is 4.74 Å². The summed E-state index contributed by atoms with van der Waals surface area (Å²) in [7, 11) is 1.59. The van der Waals surface area contributed by atoms with Crippen LogP contribution in [0.2, 0.25) is 0 Å². The Hall–Kier alpha value is -1.95. The number of para-hydroxylation sites is 1. The van der Waals surface area contributed by atoms with E-state index in [1.165, 1.54) is 18.2 Å². The molecular formula is C13H15F2N3O. The van der Waals surface area contributed by atoms with Crippen LogP contribution >= 0.6 is 0 Å². The predicted molar refractivity (Wildman–Crippen MR) is 68.5 cm³/mol. The Morgan fingerprint density at radius 2 is 2.05 bits per heavy atom. The van der Waals surface area contributed by atoms with Crippen molar-refractivity contribution in [3.63, 3.8) is 0 Å². The molecule has 4 nitrogen and oxygen atoms in total. The fourth-order valence-electron chi connectivity index (χ4n) is 1.82. The maximum absolute atomic E-state index is 13.6. The van der Waals surface area contributed by atoms with E-state index in [0.29, 0.717) is 12.6 Å². The molecule has 1 aromatic heterocycles. The Bertz CT molecular complexity index is 536. The Morgan fingerprint density at radius 1 is 1.37 bits per heavy atom. The molecule has 0 saturated heterocycles. The molecule has 102 valence electrons. The first kappa shape index (κ1) is 13.5. The second-order valence-electron chi connectivity index (χ2n) is 4.18. The van der Waals surface area contributed by atoms with Gasteiger partial charge >= 0.3 is 0 Å². The van der Waals surface area contributed by atoms with Crippen molar-refractivity contribution in [3.8, 4) is 0 Å². The van der Waals surface area contributed by atoms with Gasteiger partial charge in [-0.15, -0.1) is 0 Å². The zero-order chi connectivity index (χ0) is 13.8. The number of imidazole rings is 1. The number of methoxy groups -OCH3 is 1. The molecule has 6 heteroatoms. The summed E-state index contributed by atoms with van der Waals surface area (Å²) in [5.74, 6) is -0.948. The van der Waals surface area contributed by atoms with Crippen LogP contribution in [0, 0.1) is 11.6 Å². The number of aromatic nitrogens is 2. The smallest absolute Gasteiger partial charge is 0.207 e. The number of ether oxygens (including phenoxy) is 1. The van der Waals surface area contributed by atoms with Crippen LogP contribution in [0.5, 0.6) is 0 Å². The molecule has 1 N–H and O–H groups in total. The molecule has 0 bridgehead atoms. The third-order valence-corrected chi connectivity index (χ3v) is 2.75. The summed E-state index contributed by atoms with van der Waals surface area (Å²) in [6, 6.07) is 3.70. The highest BCUT2D eigenvalue weighted by molar-refractivity contribution is 5.55. The Morgan fingerprint density at radius 3 is 2.68 bits per heavy atom. The molecule has 1 heterocycles. The van der Waals surface area contributed by atoms with Gasteiger partial charge in [0.25, 0.3) is 0 Å². The van der Waals surface area contributed by atoms with E-state index in [9.17, 15) is 8.78 Å². The minimum atomic E-state index is -0.658. The van der Waals surface area contributed by atoms with E-state index in [0.717, 1.165) is 0 Å². The molecule has 1 unspecified atom stereocenters. The van der Waals surface area contributed by atoms with Crippen LogP contribution < -0.4 is 5.32 Å². The fourth-order valence-corrected chi connectivity index (χ4v) is 1.82. The number of hydrogen-bond donors (Lipinski definition) is 1. The zero-order valence-corrected chi connectivity index (χ0v) is 10.7. The molecule has 0 fully saturated rings. The highest BCUT2D eigenvalue weighted by Crippen LogP contribution is 2.23. The fraction of sp³-hybridized carbons (Fsp3) is 0.308. The summed E-state index contributed by atoms with van der Waals surface area (Å²) in [5, 5.41) is 2.67. The average Bonchev–Trinajstić information content (AvgIpc) is 2.82. The summed E-state index contributed by atoms with van der Waals surface area (Å²) in [6.45, 7) is 2.40. The topological polar surface area (TPSA) is 39.1 Å².